The van der Waals surface area contributed by atoms with Gasteiger partial charge in [0.05, 0.1) is 6.61 Å². The monoisotopic (exact) mass is 363 g/mol. The number of aliphatic hydroxyl groups is 2. The Morgan fingerprint density at radius 1 is 0.875 bits per heavy atom. The predicted octanol–water partition coefficient (Wildman–Crippen LogP) is 4.43. The Morgan fingerprint density at radius 3 is 2.25 bits per heavy atom. The first-order valence-corrected chi connectivity index (χ1v) is 10.3. The smallest absolute Gasteiger partial charge is 0.0604 e. The minimum absolute atomic E-state index is 0.119. The van der Waals surface area contributed by atoms with Crippen LogP contribution >= 0.6 is 21.6 Å². The molecule has 0 saturated heterocycles. The van der Waals surface area contributed by atoms with Crippen molar-refractivity contribution in [3.8, 4) is 0 Å². The molecule has 24 heavy (non-hydrogen) atoms. The van der Waals surface area contributed by atoms with E-state index in [1.807, 2.05) is 0 Å². The Balaban J connectivity index is 2.15. The topological polar surface area (TPSA) is 52.5 Å². The maximum Gasteiger partial charge on any atom is 0.0604 e. The summed E-state index contributed by atoms with van der Waals surface area (Å²) in [6.45, 7) is 5.08. The van der Waals surface area contributed by atoms with Crippen LogP contribution in [0.15, 0.2) is 46.2 Å². The van der Waals surface area contributed by atoms with Gasteiger partial charge in [-0.1, -0.05) is 39.8 Å². The molecule has 5 heteroatoms. The third-order valence-electron chi connectivity index (χ3n) is 3.61. The number of aryl methyl sites for hydroxylation is 3. The van der Waals surface area contributed by atoms with Gasteiger partial charge in [0.2, 0.25) is 0 Å². The first-order valence-electron chi connectivity index (χ1n) is 8.14. The van der Waals surface area contributed by atoms with E-state index in [2.05, 4.69) is 55.6 Å². The number of aliphatic hydroxyl groups excluding tert-OH is 2. The summed E-state index contributed by atoms with van der Waals surface area (Å²) in [5, 5.41) is 21.4. The zero-order valence-electron chi connectivity index (χ0n) is 14.2. The quantitative estimate of drug-likeness (QED) is 0.575. The van der Waals surface area contributed by atoms with Gasteiger partial charge in [0.1, 0.15) is 0 Å². The van der Waals surface area contributed by atoms with Crippen molar-refractivity contribution >= 4 is 27.3 Å². The van der Waals surface area contributed by atoms with Crippen molar-refractivity contribution in [2.45, 2.75) is 36.5 Å². The summed E-state index contributed by atoms with van der Waals surface area (Å²) >= 11 is 0. The first kappa shape index (κ1) is 19.2. The van der Waals surface area contributed by atoms with Crippen LogP contribution in [0.4, 0.5) is 5.69 Å². The molecule has 0 atom stereocenters. The van der Waals surface area contributed by atoms with E-state index >= 15 is 0 Å². The summed E-state index contributed by atoms with van der Waals surface area (Å²) in [5.74, 6) is 0. The number of rotatable bonds is 9. The largest absolute Gasteiger partial charge is 0.396 e. The van der Waals surface area contributed by atoms with Crippen LogP contribution in [0.5, 0.6) is 0 Å². The van der Waals surface area contributed by atoms with E-state index in [4.69, 9.17) is 10.2 Å². The van der Waals surface area contributed by atoms with Crippen molar-refractivity contribution in [3.05, 3.63) is 53.1 Å². The fraction of sp³-hybridized carbons (Fsp3) is 0.368. The van der Waals surface area contributed by atoms with Crippen molar-refractivity contribution < 1.29 is 10.2 Å². The Morgan fingerprint density at radius 2 is 1.54 bits per heavy atom. The SMILES string of the molecule is Cc1ccc(CCCO)c(SSc2cc(C)ccc2NCCO)c1. The van der Waals surface area contributed by atoms with Crippen LogP contribution in [0.3, 0.4) is 0 Å². The minimum Gasteiger partial charge on any atom is -0.396 e. The highest BCUT2D eigenvalue weighted by Gasteiger charge is 2.08. The molecule has 3 nitrogen and oxygen atoms in total. The zero-order valence-corrected chi connectivity index (χ0v) is 15.8. The van der Waals surface area contributed by atoms with Gasteiger partial charge in [0.25, 0.3) is 0 Å². The normalized spacial score (nSPS) is 10.8. The van der Waals surface area contributed by atoms with Gasteiger partial charge < -0.3 is 15.5 Å². The second-order valence-corrected chi connectivity index (χ2v) is 7.97. The Hall–Kier alpha value is -1.14. The molecule has 0 fully saturated rings. The Kier molecular flexibility index (Phi) is 7.99. The van der Waals surface area contributed by atoms with E-state index in [1.165, 1.54) is 26.5 Å². The van der Waals surface area contributed by atoms with Crippen molar-refractivity contribution in [1.29, 1.82) is 0 Å². The van der Waals surface area contributed by atoms with Gasteiger partial charge in [0.15, 0.2) is 0 Å². The fourth-order valence-electron chi connectivity index (χ4n) is 2.34. The third-order valence-corrected chi connectivity index (χ3v) is 6.10. The standard InChI is InChI=1S/C19H25NO2S2/c1-14-5-7-16(4-3-10-21)18(12-14)23-24-19-13-15(2)6-8-17(19)20-9-11-22/h5-8,12-13,20-22H,3-4,9-11H2,1-2H3. The molecule has 2 aromatic rings. The molecule has 2 aromatic carbocycles. The van der Waals surface area contributed by atoms with Gasteiger partial charge in [-0.3, -0.25) is 0 Å². The van der Waals surface area contributed by atoms with E-state index in [9.17, 15) is 0 Å². The van der Waals surface area contributed by atoms with Crippen LogP contribution in [0, 0.1) is 13.8 Å². The van der Waals surface area contributed by atoms with Crippen LogP contribution in [0.2, 0.25) is 0 Å². The first-order chi connectivity index (χ1) is 11.6. The van der Waals surface area contributed by atoms with Gasteiger partial charge in [-0.05, 0) is 61.6 Å². The van der Waals surface area contributed by atoms with Crippen molar-refractivity contribution in [2.24, 2.45) is 0 Å². The van der Waals surface area contributed by atoms with Crippen LogP contribution in [-0.2, 0) is 6.42 Å². The van der Waals surface area contributed by atoms with E-state index in [0.717, 1.165) is 18.5 Å². The Labute approximate surface area is 152 Å². The molecule has 2 rings (SSSR count). The summed E-state index contributed by atoms with van der Waals surface area (Å²) in [5.41, 5.74) is 4.80. The number of hydrogen-bond donors (Lipinski definition) is 3. The highest BCUT2D eigenvalue weighted by atomic mass is 33.1. The molecule has 130 valence electrons. The highest BCUT2D eigenvalue weighted by molar-refractivity contribution is 8.76. The van der Waals surface area contributed by atoms with Crippen molar-refractivity contribution in [3.63, 3.8) is 0 Å². The Bertz CT molecular complexity index is 604. The predicted molar refractivity (Wildman–Crippen MR) is 105 cm³/mol. The average molecular weight is 364 g/mol. The molecular formula is C19H25NO2S2. The molecule has 0 aliphatic rings. The van der Waals surface area contributed by atoms with E-state index in [1.54, 1.807) is 21.6 Å². The van der Waals surface area contributed by atoms with E-state index < -0.39 is 0 Å². The van der Waals surface area contributed by atoms with Gasteiger partial charge in [-0.2, -0.15) is 0 Å². The van der Waals surface area contributed by atoms with E-state index in [-0.39, 0.29) is 13.2 Å². The maximum absolute atomic E-state index is 9.09. The summed E-state index contributed by atoms with van der Waals surface area (Å²) in [4.78, 5) is 2.42. The number of nitrogens with one attached hydrogen (secondary N) is 1. The summed E-state index contributed by atoms with van der Waals surface area (Å²) < 4.78 is 0. The molecule has 0 bridgehead atoms. The lowest BCUT2D eigenvalue weighted by molar-refractivity contribution is 0.288. The summed E-state index contributed by atoms with van der Waals surface area (Å²) in [6, 6.07) is 12.8. The molecule has 0 unspecified atom stereocenters. The van der Waals surface area contributed by atoms with Crippen molar-refractivity contribution in [1.82, 2.24) is 0 Å². The molecular weight excluding hydrogens is 338 g/mol. The van der Waals surface area contributed by atoms with Gasteiger partial charge in [-0.25, -0.2) is 0 Å². The average Bonchev–Trinajstić information content (AvgIpc) is 2.58. The molecule has 0 aliphatic heterocycles. The molecule has 0 radical (unpaired) electrons. The molecule has 0 amide bonds. The second-order valence-electron chi connectivity index (χ2n) is 5.76. The van der Waals surface area contributed by atoms with Crippen LogP contribution < -0.4 is 5.32 Å². The van der Waals surface area contributed by atoms with Gasteiger partial charge in [0, 0.05) is 28.6 Å². The zero-order chi connectivity index (χ0) is 17.4. The van der Waals surface area contributed by atoms with Crippen molar-refractivity contribution in [2.75, 3.05) is 25.1 Å². The third kappa shape index (κ3) is 5.74. The lowest BCUT2D eigenvalue weighted by atomic mass is 10.1. The number of anilines is 1. The lowest BCUT2D eigenvalue weighted by Crippen LogP contribution is -2.06. The summed E-state index contributed by atoms with van der Waals surface area (Å²) in [6.07, 6.45) is 1.68. The highest BCUT2D eigenvalue weighted by Crippen LogP contribution is 2.43. The maximum atomic E-state index is 9.09. The molecule has 0 heterocycles. The minimum atomic E-state index is 0.119. The lowest BCUT2D eigenvalue weighted by Gasteiger charge is -2.13. The van der Waals surface area contributed by atoms with E-state index in [0.29, 0.717) is 6.54 Å². The molecule has 3 N–H and O–H groups in total. The molecule has 0 spiro atoms. The fourth-order valence-corrected chi connectivity index (χ4v) is 4.91. The molecule has 0 saturated carbocycles. The van der Waals surface area contributed by atoms with Gasteiger partial charge >= 0.3 is 0 Å². The number of benzene rings is 2. The van der Waals surface area contributed by atoms with Crippen LogP contribution in [0.1, 0.15) is 23.1 Å². The summed E-state index contributed by atoms with van der Waals surface area (Å²) in [7, 11) is 3.48. The van der Waals surface area contributed by atoms with Crippen LogP contribution in [0.25, 0.3) is 0 Å². The van der Waals surface area contributed by atoms with Crippen LogP contribution in [-0.4, -0.2) is 30.0 Å². The molecule has 0 aliphatic carbocycles. The van der Waals surface area contributed by atoms with Gasteiger partial charge in [-0.15, -0.1) is 0 Å². The number of hydrogen-bond acceptors (Lipinski definition) is 5. The molecule has 0 aromatic heterocycles. The second kappa shape index (κ2) is 9.99.